The van der Waals surface area contributed by atoms with E-state index in [2.05, 4.69) is 17.2 Å². The number of benzene rings is 1. The molecule has 0 spiro atoms. The molecule has 0 aliphatic carbocycles. The number of amides is 1. The molecule has 2 rings (SSSR count). The molecule has 3 nitrogen and oxygen atoms in total. The normalized spacial score (nSPS) is 11.9. The van der Waals surface area contributed by atoms with Gasteiger partial charge in [0.05, 0.1) is 5.92 Å². The molecule has 1 aromatic carbocycles. The molecule has 0 unspecified atom stereocenters. The van der Waals surface area contributed by atoms with Crippen LogP contribution in [0.15, 0.2) is 54.7 Å². The van der Waals surface area contributed by atoms with Crippen LogP contribution >= 0.6 is 0 Å². The number of nitrogens with one attached hydrogen (secondary N) is 1. The smallest absolute Gasteiger partial charge is 0.227 e. The summed E-state index contributed by atoms with van der Waals surface area (Å²) in [4.78, 5) is 16.7. The fourth-order valence-corrected chi connectivity index (χ4v) is 2.41. The lowest BCUT2D eigenvalue weighted by Crippen LogP contribution is -2.31. The first-order valence-corrected chi connectivity index (χ1v) is 7.54. The lowest BCUT2D eigenvalue weighted by Gasteiger charge is -2.16. The molecule has 1 aromatic heterocycles. The van der Waals surface area contributed by atoms with Gasteiger partial charge in [-0.3, -0.25) is 9.78 Å². The first-order valence-electron chi connectivity index (χ1n) is 7.54. The van der Waals surface area contributed by atoms with Gasteiger partial charge in [0.1, 0.15) is 0 Å². The number of hydrogen-bond donors (Lipinski definition) is 1. The number of carbonyl (C=O) groups excluding carboxylic acids is 1. The van der Waals surface area contributed by atoms with Gasteiger partial charge >= 0.3 is 0 Å². The topological polar surface area (TPSA) is 42.0 Å². The molecule has 0 saturated carbocycles. The van der Waals surface area contributed by atoms with Crippen molar-refractivity contribution in [2.24, 2.45) is 0 Å². The molecule has 1 heterocycles. The zero-order valence-electron chi connectivity index (χ0n) is 12.5. The van der Waals surface area contributed by atoms with Crippen LogP contribution in [0.25, 0.3) is 0 Å². The summed E-state index contributed by atoms with van der Waals surface area (Å²) in [5.41, 5.74) is 2.10. The van der Waals surface area contributed by atoms with E-state index in [4.69, 9.17) is 0 Å². The predicted molar refractivity (Wildman–Crippen MR) is 85.0 cm³/mol. The molecule has 1 atom stereocenters. The Balaban J connectivity index is 1.90. The van der Waals surface area contributed by atoms with Crippen LogP contribution in [-0.4, -0.2) is 17.4 Å². The van der Waals surface area contributed by atoms with Gasteiger partial charge in [-0.25, -0.2) is 0 Å². The van der Waals surface area contributed by atoms with E-state index >= 15 is 0 Å². The Kier molecular flexibility index (Phi) is 5.95. The van der Waals surface area contributed by atoms with E-state index < -0.39 is 0 Å². The molecular formula is C18H22N2O. The highest BCUT2D eigenvalue weighted by molar-refractivity contribution is 5.83. The largest absolute Gasteiger partial charge is 0.355 e. The van der Waals surface area contributed by atoms with Crippen LogP contribution in [0.2, 0.25) is 0 Å². The van der Waals surface area contributed by atoms with E-state index in [9.17, 15) is 4.79 Å². The van der Waals surface area contributed by atoms with Crippen LogP contribution < -0.4 is 5.32 Å². The Morgan fingerprint density at radius 2 is 1.90 bits per heavy atom. The Labute approximate surface area is 126 Å². The molecule has 2 aromatic rings. The van der Waals surface area contributed by atoms with Gasteiger partial charge in [0.15, 0.2) is 0 Å². The molecule has 1 N–H and O–H groups in total. The van der Waals surface area contributed by atoms with E-state index in [0.717, 1.165) is 30.5 Å². The number of nitrogens with zero attached hydrogens (tertiary/aromatic N) is 1. The zero-order valence-corrected chi connectivity index (χ0v) is 12.5. The summed E-state index contributed by atoms with van der Waals surface area (Å²) in [5.74, 6) is 0.0545. The highest BCUT2D eigenvalue weighted by atomic mass is 16.1. The van der Waals surface area contributed by atoms with Gasteiger partial charge in [-0.15, -0.1) is 0 Å². The second-order valence-corrected chi connectivity index (χ2v) is 5.11. The molecule has 0 radical (unpaired) electrons. The molecule has 0 fully saturated rings. The van der Waals surface area contributed by atoms with Crippen molar-refractivity contribution >= 4 is 5.91 Å². The summed E-state index contributed by atoms with van der Waals surface area (Å²) in [6.07, 6.45) is 4.41. The first kappa shape index (κ1) is 15.2. The zero-order chi connectivity index (χ0) is 14.9. The van der Waals surface area contributed by atoms with Crippen molar-refractivity contribution in [3.8, 4) is 0 Å². The summed E-state index contributed by atoms with van der Waals surface area (Å²) in [6.45, 7) is 2.74. The van der Waals surface area contributed by atoms with Crippen molar-refractivity contribution in [2.75, 3.05) is 6.54 Å². The average molecular weight is 282 g/mol. The monoisotopic (exact) mass is 282 g/mol. The molecular weight excluding hydrogens is 260 g/mol. The highest BCUT2D eigenvalue weighted by Gasteiger charge is 2.18. The van der Waals surface area contributed by atoms with E-state index in [1.54, 1.807) is 6.20 Å². The van der Waals surface area contributed by atoms with E-state index in [0.29, 0.717) is 6.54 Å². The number of carbonyl (C=O) groups is 1. The Morgan fingerprint density at radius 1 is 1.14 bits per heavy atom. The maximum atomic E-state index is 12.4. The Bertz CT molecular complexity index is 540. The van der Waals surface area contributed by atoms with Gasteiger partial charge in [0.2, 0.25) is 5.91 Å². The second kappa shape index (κ2) is 8.20. The fraction of sp³-hybridized carbons (Fsp3) is 0.333. The summed E-state index contributed by atoms with van der Waals surface area (Å²) in [6, 6.07) is 15.8. The van der Waals surface area contributed by atoms with Gasteiger partial charge in [-0.05, 0) is 24.1 Å². The van der Waals surface area contributed by atoms with Gasteiger partial charge in [-0.2, -0.15) is 0 Å². The lowest BCUT2D eigenvalue weighted by atomic mass is 9.93. The van der Waals surface area contributed by atoms with Crippen LogP contribution in [0.4, 0.5) is 0 Å². The lowest BCUT2D eigenvalue weighted by molar-refractivity contribution is -0.122. The number of hydrogen-bond acceptors (Lipinski definition) is 2. The SMILES string of the molecule is CCC[C@H](C(=O)NCCc1ccccn1)c1ccccc1. The number of aromatic nitrogens is 1. The van der Waals surface area contributed by atoms with Crippen molar-refractivity contribution < 1.29 is 4.79 Å². The third kappa shape index (κ3) is 4.71. The van der Waals surface area contributed by atoms with Gasteiger partial charge in [-0.1, -0.05) is 49.7 Å². The number of pyridine rings is 1. The molecule has 0 bridgehead atoms. The third-order valence-electron chi connectivity index (χ3n) is 3.50. The van der Waals surface area contributed by atoms with Crippen LogP contribution in [0, 0.1) is 0 Å². The molecule has 21 heavy (non-hydrogen) atoms. The first-order chi connectivity index (χ1) is 10.3. The van der Waals surface area contributed by atoms with Crippen molar-refractivity contribution in [3.63, 3.8) is 0 Å². The van der Waals surface area contributed by atoms with Crippen LogP contribution in [0.5, 0.6) is 0 Å². The number of rotatable bonds is 7. The minimum absolute atomic E-state index is 0.0556. The maximum Gasteiger partial charge on any atom is 0.227 e. The van der Waals surface area contributed by atoms with E-state index in [-0.39, 0.29) is 11.8 Å². The van der Waals surface area contributed by atoms with Crippen molar-refractivity contribution in [3.05, 3.63) is 66.0 Å². The summed E-state index contributed by atoms with van der Waals surface area (Å²) >= 11 is 0. The van der Waals surface area contributed by atoms with Gasteiger partial charge in [0.25, 0.3) is 0 Å². The minimum Gasteiger partial charge on any atom is -0.355 e. The molecule has 0 aliphatic heterocycles. The Hall–Kier alpha value is -2.16. The molecule has 1 amide bonds. The highest BCUT2D eigenvalue weighted by Crippen LogP contribution is 2.21. The molecule has 0 saturated heterocycles. The van der Waals surface area contributed by atoms with Crippen molar-refractivity contribution in [1.29, 1.82) is 0 Å². The molecule has 3 heteroatoms. The third-order valence-corrected chi connectivity index (χ3v) is 3.50. The summed E-state index contributed by atoms with van der Waals surface area (Å²) in [5, 5.41) is 3.04. The quantitative estimate of drug-likeness (QED) is 0.846. The van der Waals surface area contributed by atoms with Crippen molar-refractivity contribution in [2.45, 2.75) is 32.1 Å². The fourth-order valence-electron chi connectivity index (χ4n) is 2.41. The summed E-state index contributed by atoms with van der Waals surface area (Å²) in [7, 11) is 0. The second-order valence-electron chi connectivity index (χ2n) is 5.11. The van der Waals surface area contributed by atoms with E-state index in [1.165, 1.54) is 0 Å². The van der Waals surface area contributed by atoms with E-state index in [1.807, 2.05) is 48.5 Å². The maximum absolute atomic E-state index is 12.4. The standard InChI is InChI=1S/C18H22N2O/c1-2-8-17(15-9-4-3-5-10-15)18(21)20-14-12-16-11-6-7-13-19-16/h3-7,9-11,13,17H,2,8,12,14H2,1H3,(H,20,21)/t17-/m0/s1. The van der Waals surface area contributed by atoms with Crippen LogP contribution in [0.1, 0.15) is 36.9 Å². The van der Waals surface area contributed by atoms with Gasteiger partial charge in [0, 0.05) is 24.9 Å². The molecule has 110 valence electrons. The van der Waals surface area contributed by atoms with Crippen LogP contribution in [-0.2, 0) is 11.2 Å². The molecule has 0 aliphatic rings. The van der Waals surface area contributed by atoms with Crippen LogP contribution in [0.3, 0.4) is 0 Å². The Morgan fingerprint density at radius 3 is 2.57 bits per heavy atom. The minimum atomic E-state index is -0.0556. The summed E-state index contributed by atoms with van der Waals surface area (Å²) < 4.78 is 0. The average Bonchev–Trinajstić information content (AvgIpc) is 2.54. The van der Waals surface area contributed by atoms with Gasteiger partial charge < -0.3 is 5.32 Å². The predicted octanol–water partition coefficient (Wildman–Crippen LogP) is 3.32. The van der Waals surface area contributed by atoms with Crippen molar-refractivity contribution in [1.82, 2.24) is 10.3 Å².